The van der Waals surface area contributed by atoms with Gasteiger partial charge in [-0.15, -0.1) is 0 Å². The molecule has 0 aromatic heterocycles. The van der Waals surface area contributed by atoms with Crippen molar-refractivity contribution in [1.82, 2.24) is 0 Å². The van der Waals surface area contributed by atoms with Gasteiger partial charge in [-0.25, -0.2) is 0 Å². The number of ketones is 1. The maximum atomic E-state index is 11.9. The molecular weight excluding hydrogens is 262 g/mol. The summed E-state index contributed by atoms with van der Waals surface area (Å²) >= 11 is 0. The van der Waals surface area contributed by atoms with Crippen LogP contribution in [-0.2, 0) is 4.79 Å². The average Bonchev–Trinajstić information content (AvgIpc) is 2.98. The Kier molecular flexibility index (Phi) is 4.55. The predicted molar refractivity (Wildman–Crippen MR) is 72.1 cm³/mol. The van der Waals surface area contributed by atoms with Gasteiger partial charge in [0.05, 0.1) is 18.1 Å². The van der Waals surface area contributed by atoms with Gasteiger partial charge in [0.15, 0.2) is 17.3 Å². The van der Waals surface area contributed by atoms with Gasteiger partial charge < -0.3 is 9.47 Å². The molecule has 1 aliphatic carbocycles. The van der Waals surface area contributed by atoms with Crippen LogP contribution in [0.3, 0.4) is 0 Å². The Balaban J connectivity index is 2.01. The molecule has 0 saturated heterocycles. The molecule has 1 aliphatic rings. The topological polar surface area (TPSA) is 78.7 Å². The molecule has 6 nitrogen and oxygen atoms in total. The van der Waals surface area contributed by atoms with Gasteiger partial charge >= 0.3 is 0 Å². The van der Waals surface area contributed by atoms with E-state index in [1.807, 2.05) is 0 Å². The van der Waals surface area contributed by atoms with Gasteiger partial charge in [0.2, 0.25) is 0 Å². The van der Waals surface area contributed by atoms with E-state index in [1.54, 1.807) is 0 Å². The van der Waals surface area contributed by atoms with Gasteiger partial charge in [-0.2, -0.15) is 0 Å². The van der Waals surface area contributed by atoms with E-state index in [2.05, 4.69) is 0 Å². The van der Waals surface area contributed by atoms with Crippen molar-refractivity contribution < 1.29 is 19.2 Å². The summed E-state index contributed by atoms with van der Waals surface area (Å²) in [5, 5.41) is 10.7. The van der Waals surface area contributed by atoms with Gasteiger partial charge in [0.25, 0.3) is 5.69 Å². The molecule has 0 atom stereocenters. The van der Waals surface area contributed by atoms with Crippen molar-refractivity contribution in [3.8, 4) is 11.5 Å². The molecule has 1 fully saturated rings. The van der Waals surface area contributed by atoms with Crippen LogP contribution >= 0.6 is 0 Å². The predicted octanol–water partition coefficient (Wildman–Crippen LogP) is 2.74. The Bertz CT molecular complexity index is 508. The maximum absolute atomic E-state index is 11.9. The standard InChI is InChI=1S/C14H17NO5/c1-19-14-8-11(15(17)18)6-7-13(14)20-9-12(16)10-4-2-3-5-10/h6-8,10H,2-5,9H2,1H3. The zero-order chi connectivity index (χ0) is 14.5. The van der Waals surface area contributed by atoms with Crippen LogP contribution in [-0.4, -0.2) is 24.4 Å². The van der Waals surface area contributed by atoms with Crippen LogP contribution in [0, 0.1) is 16.0 Å². The summed E-state index contributed by atoms with van der Waals surface area (Å²) in [5.41, 5.74) is -0.0729. The van der Waals surface area contributed by atoms with E-state index >= 15 is 0 Å². The van der Waals surface area contributed by atoms with E-state index in [4.69, 9.17) is 9.47 Å². The second-order valence-electron chi connectivity index (χ2n) is 4.83. The summed E-state index contributed by atoms with van der Waals surface area (Å²) in [4.78, 5) is 22.1. The number of non-ortho nitro benzene ring substituents is 1. The number of hydrogen-bond acceptors (Lipinski definition) is 5. The molecule has 20 heavy (non-hydrogen) atoms. The fraction of sp³-hybridized carbons (Fsp3) is 0.500. The van der Waals surface area contributed by atoms with Crippen LogP contribution in [0.1, 0.15) is 25.7 Å². The number of ether oxygens (including phenoxy) is 2. The van der Waals surface area contributed by atoms with Gasteiger partial charge in [0, 0.05) is 12.0 Å². The third kappa shape index (κ3) is 3.26. The first kappa shape index (κ1) is 14.3. The van der Waals surface area contributed by atoms with Crippen molar-refractivity contribution >= 4 is 11.5 Å². The number of rotatable bonds is 6. The molecule has 1 saturated carbocycles. The molecular formula is C14H17NO5. The molecule has 0 radical (unpaired) electrons. The van der Waals surface area contributed by atoms with E-state index in [0.29, 0.717) is 5.75 Å². The maximum Gasteiger partial charge on any atom is 0.273 e. The summed E-state index contributed by atoms with van der Waals surface area (Å²) in [6.45, 7) is -0.0150. The van der Waals surface area contributed by atoms with E-state index in [-0.39, 0.29) is 29.7 Å². The van der Waals surface area contributed by atoms with Gasteiger partial charge in [0.1, 0.15) is 6.61 Å². The molecule has 0 aliphatic heterocycles. The molecule has 6 heteroatoms. The monoisotopic (exact) mass is 279 g/mol. The lowest BCUT2D eigenvalue weighted by atomic mass is 10.0. The third-order valence-corrected chi connectivity index (χ3v) is 3.54. The lowest BCUT2D eigenvalue weighted by Crippen LogP contribution is -2.19. The normalized spacial score (nSPS) is 15.1. The fourth-order valence-electron chi connectivity index (χ4n) is 2.40. The first-order chi connectivity index (χ1) is 9.61. The summed E-state index contributed by atoms with van der Waals surface area (Å²) in [6.07, 6.45) is 4.05. The summed E-state index contributed by atoms with van der Waals surface area (Å²) in [6, 6.07) is 4.08. The van der Waals surface area contributed by atoms with Gasteiger partial charge in [-0.3, -0.25) is 14.9 Å². The highest BCUT2D eigenvalue weighted by molar-refractivity contribution is 5.82. The van der Waals surface area contributed by atoms with Crippen molar-refractivity contribution in [2.45, 2.75) is 25.7 Å². The number of hydrogen-bond donors (Lipinski definition) is 0. The first-order valence-electron chi connectivity index (χ1n) is 6.59. The second kappa shape index (κ2) is 6.36. The number of Topliss-reactive ketones (excluding diaryl/α,β-unsaturated/α-hetero) is 1. The second-order valence-corrected chi connectivity index (χ2v) is 4.83. The Hall–Kier alpha value is -2.11. The highest BCUT2D eigenvalue weighted by atomic mass is 16.6. The SMILES string of the molecule is COc1cc([N+](=O)[O-])ccc1OCC(=O)C1CCCC1. The average molecular weight is 279 g/mol. The van der Waals surface area contributed by atoms with E-state index in [9.17, 15) is 14.9 Å². The summed E-state index contributed by atoms with van der Waals surface area (Å²) < 4.78 is 10.5. The van der Waals surface area contributed by atoms with Crippen LogP contribution in [0.5, 0.6) is 11.5 Å². The minimum absolute atomic E-state index is 0.0150. The third-order valence-electron chi connectivity index (χ3n) is 3.54. The molecule has 0 amide bonds. The number of carbonyl (C=O) groups is 1. The number of carbonyl (C=O) groups excluding carboxylic acids is 1. The van der Waals surface area contributed by atoms with Crippen molar-refractivity contribution in [2.75, 3.05) is 13.7 Å². The lowest BCUT2D eigenvalue weighted by Gasteiger charge is -2.12. The highest BCUT2D eigenvalue weighted by Crippen LogP contribution is 2.32. The van der Waals surface area contributed by atoms with Crippen LogP contribution in [0.25, 0.3) is 0 Å². The molecule has 1 aromatic rings. The first-order valence-corrected chi connectivity index (χ1v) is 6.59. The van der Waals surface area contributed by atoms with Crippen LogP contribution in [0.15, 0.2) is 18.2 Å². The molecule has 0 spiro atoms. The summed E-state index contributed by atoms with van der Waals surface area (Å²) in [5.74, 6) is 0.796. The zero-order valence-electron chi connectivity index (χ0n) is 11.3. The zero-order valence-corrected chi connectivity index (χ0v) is 11.3. The van der Waals surface area contributed by atoms with Crippen LogP contribution in [0.4, 0.5) is 5.69 Å². The quantitative estimate of drug-likeness (QED) is 0.591. The fourth-order valence-corrected chi connectivity index (χ4v) is 2.40. The van der Waals surface area contributed by atoms with Gasteiger partial charge in [-0.1, -0.05) is 12.8 Å². The lowest BCUT2D eigenvalue weighted by molar-refractivity contribution is -0.384. The molecule has 1 aromatic carbocycles. The van der Waals surface area contributed by atoms with Crippen LogP contribution < -0.4 is 9.47 Å². The smallest absolute Gasteiger partial charge is 0.273 e. The molecule has 0 bridgehead atoms. The number of methoxy groups -OCH3 is 1. The van der Waals surface area contributed by atoms with E-state index in [1.165, 1.54) is 25.3 Å². The van der Waals surface area contributed by atoms with Gasteiger partial charge in [-0.05, 0) is 18.9 Å². The number of nitrogens with zero attached hydrogens (tertiary/aromatic N) is 1. The van der Waals surface area contributed by atoms with Crippen molar-refractivity contribution in [2.24, 2.45) is 5.92 Å². The number of benzene rings is 1. The number of nitro benzene ring substituents is 1. The van der Waals surface area contributed by atoms with Crippen molar-refractivity contribution in [1.29, 1.82) is 0 Å². The summed E-state index contributed by atoms with van der Waals surface area (Å²) in [7, 11) is 1.41. The molecule has 0 unspecified atom stereocenters. The van der Waals surface area contributed by atoms with Crippen molar-refractivity contribution in [3.05, 3.63) is 28.3 Å². The van der Waals surface area contributed by atoms with Crippen LogP contribution in [0.2, 0.25) is 0 Å². The molecule has 108 valence electrons. The molecule has 0 heterocycles. The molecule has 0 N–H and O–H groups in total. The minimum Gasteiger partial charge on any atom is -0.493 e. The Morgan fingerprint density at radius 2 is 2.05 bits per heavy atom. The van der Waals surface area contributed by atoms with E-state index < -0.39 is 4.92 Å². The highest BCUT2D eigenvalue weighted by Gasteiger charge is 2.23. The largest absolute Gasteiger partial charge is 0.493 e. The Morgan fingerprint density at radius 1 is 1.35 bits per heavy atom. The van der Waals surface area contributed by atoms with E-state index in [0.717, 1.165) is 25.7 Å². The van der Waals surface area contributed by atoms with Crippen molar-refractivity contribution in [3.63, 3.8) is 0 Å². The molecule has 2 rings (SSSR count). The Morgan fingerprint density at radius 3 is 2.65 bits per heavy atom. The minimum atomic E-state index is -0.504. The Labute approximate surface area is 116 Å². The number of nitro groups is 1.